The van der Waals surface area contributed by atoms with Gasteiger partial charge in [0.25, 0.3) is 0 Å². The largest absolute Gasteiger partial charge is 0.364 e. The van der Waals surface area contributed by atoms with E-state index in [4.69, 9.17) is 0 Å². The SMILES string of the molecule is Cc1cnnc(NCc2cnccc2C)c1. The lowest BCUT2D eigenvalue weighted by Gasteiger charge is -2.07. The van der Waals surface area contributed by atoms with Gasteiger partial charge in [-0.1, -0.05) is 0 Å². The predicted molar refractivity (Wildman–Crippen MR) is 63.1 cm³/mol. The van der Waals surface area contributed by atoms with Crippen molar-refractivity contribution in [3.8, 4) is 0 Å². The van der Waals surface area contributed by atoms with E-state index in [0.29, 0.717) is 0 Å². The number of aromatic nitrogens is 3. The van der Waals surface area contributed by atoms with Gasteiger partial charge in [0.15, 0.2) is 0 Å². The second-order valence-electron chi connectivity index (χ2n) is 3.77. The monoisotopic (exact) mass is 214 g/mol. The van der Waals surface area contributed by atoms with Crippen LogP contribution >= 0.6 is 0 Å². The van der Waals surface area contributed by atoms with Gasteiger partial charge >= 0.3 is 0 Å². The smallest absolute Gasteiger partial charge is 0.149 e. The van der Waals surface area contributed by atoms with Crippen molar-refractivity contribution >= 4 is 5.82 Å². The van der Waals surface area contributed by atoms with Gasteiger partial charge in [0, 0.05) is 18.9 Å². The van der Waals surface area contributed by atoms with Crippen LogP contribution < -0.4 is 5.32 Å². The summed E-state index contributed by atoms with van der Waals surface area (Å²) in [6.07, 6.45) is 5.40. The van der Waals surface area contributed by atoms with E-state index in [2.05, 4.69) is 27.4 Å². The number of pyridine rings is 1. The van der Waals surface area contributed by atoms with Crippen molar-refractivity contribution in [3.05, 3.63) is 47.4 Å². The fraction of sp³-hybridized carbons (Fsp3) is 0.250. The van der Waals surface area contributed by atoms with Crippen LogP contribution in [-0.2, 0) is 6.54 Å². The topological polar surface area (TPSA) is 50.7 Å². The lowest BCUT2D eigenvalue weighted by molar-refractivity contribution is 0.980. The molecule has 0 aromatic carbocycles. The summed E-state index contributed by atoms with van der Waals surface area (Å²) >= 11 is 0. The van der Waals surface area contributed by atoms with Crippen molar-refractivity contribution < 1.29 is 0 Å². The Kier molecular flexibility index (Phi) is 3.10. The Bertz CT molecular complexity index is 482. The summed E-state index contributed by atoms with van der Waals surface area (Å²) in [5, 5.41) is 11.1. The van der Waals surface area contributed by atoms with Gasteiger partial charge in [-0.25, -0.2) is 0 Å². The van der Waals surface area contributed by atoms with Crippen LogP contribution in [0.3, 0.4) is 0 Å². The lowest BCUT2D eigenvalue weighted by atomic mass is 10.1. The van der Waals surface area contributed by atoms with E-state index in [1.165, 1.54) is 11.1 Å². The summed E-state index contributed by atoms with van der Waals surface area (Å²) in [5.41, 5.74) is 3.49. The maximum Gasteiger partial charge on any atom is 0.149 e. The van der Waals surface area contributed by atoms with Crippen molar-refractivity contribution in [1.82, 2.24) is 15.2 Å². The molecule has 2 heterocycles. The van der Waals surface area contributed by atoms with E-state index in [-0.39, 0.29) is 0 Å². The number of rotatable bonds is 3. The van der Waals surface area contributed by atoms with Crippen molar-refractivity contribution in [2.24, 2.45) is 0 Å². The minimum absolute atomic E-state index is 0.720. The van der Waals surface area contributed by atoms with Gasteiger partial charge in [0.1, 0.15) is 5.82 Å². The van der Waals surface area contributed by atoms with Gasteiger partial charge in [0.05, 0.1) is 6.20 Å². The molecule has 0 amide bonds. The summed E-state index contributed by atoms with van der Waals surface area (Å²) < 4.78 is 0. The first-order valence-corrected chi connectivity index (χ1v) is 5.18. The van der Waals surface area contributed by atoms with Gasteiger partial charge in [-0.2, -0.15) is 5.10 Å². The zero-order chi connectivity index (χ0) is 11.4. The number of hydrogen-bond donors (Lipinski definition) is 1. The molecule has 82 valence electrons. The van der Waals surface area contributed by atoms with Crippen LogP contribution in [0.2, 0.25) is 0 Å². The molecule has 0 unspecified atom stereocenters. The molecule has 0 aliphatic carbocycles. The summed E-state index contributed by atoms with van der Waals surface area (Å²) in [5.74, 6) is 0.795. The average Bonchev–Trinajstić information content (AvgIpc) is 2.28. The Morgan fingerprint density at radius 1 is 1.25 bits per heavy atom. The number of hydrogen-bond acceptors (Lipinski definition) is 4. The normalized spacial score (nSPS) is 10.1. The van der Waals surface area contributed by atoms with E-state index in [1.807, 2.05) is 25.3 Å². The zero-order valence-corrected chi connectivity index (χ0v) is 9.44. The molecule has 0 fully saturated rings. The third-order valence-corrected chi connectivity index (χ3v) is 2.40. The predicted octanol–water partition coefficient (Wildman–Crippen LogP) is 2.10. The van der Waals surface area contributed by atoms with Gasteiger partial charge in [-0.05, 0) is 42.7 Å². The van der Waals surface area contributed by atoms with E-state index >= 15 is 0 Å². The molecule has 2 aromatic rings. The van der Waals surface area contributed by atoms with Crippen molar-refractivity contribution in [2.75, 3.05) is 5.32 Å². The maximum absolute atomic E-state index is 4.10. The Balaban J connectivity index is 2.05. The van der Waals surface area contributed by atoms with Gasteiger partial charge < -0.3 is 5.32 Å². The van der Waals surface area contributed by atoms with Crippen molar-refractivity contribution in [1.29, 1.82) is 0 Å². The number of nitrogens with zero attached hydrogens (tertiary/aromatic N) is 3. The first kappa shape index (κ1) is 10.5. The van der Waals surface area contributed by atoms with Gasteiger partial charge in [-0.15, -0.1) is 5.10 Å². The molecule has 0 spiro atoms. The van der Waals surface area contributed by atoms with E-state index in [9.17, 15) is 0 Å². The molecule has 2 rings (SSSR count). The molecule has 0 aliphatic heterocycles. The molecule has 0 atom stereocenters. The molecule has 4 nitrogen and oxygen atoms in total. The van der Waals surface area contributed by atoms with E-state index in [1.54, 1.807) is 12.4 Å². The molecule has 0 saturated heterocycles. The van der Waals surface area contributed by atoms with Crippen molar-refractivity contribution in [3.63, 3.8) is 0 Å². The minimum Gasteiger partial charge on any atom is -0.364 e. The van der Waals surface area contributed by atoms with E-state index < -0.39 is 0 Å². The fourth-order valence-electron chi connectivity index (χ4n) is 1.42. The molecule has 0 saturated carbocycles. The van der Waals surface area contributed by atoms with Crippen LogP contribution in [0.25, 0.3) is 0 Å². The maximum atomic E-state index is 4.10. The van der Waals surface area contributed by atoms with Crippen LogP contribution in [-0.4, -0.2) is 15.2 Å². The molecule has 0 aliphatic rings. The summed E-state index contributed by atoms with van der Waals surface area (Å²) in [4.78, 5) is 4.10. The zero-order valence-electron chi connectivity index (χ0n) is 9.44. The van der Waals surface area contributed by atoms with Crippen LogP contribution in [0.5, 0.6) is 0 Å². The highest BCUT2D eigenvalue weighted by molar-refractivity contribution is 5.37. The quantitative estimate of drug-likeness (QED) is 0.850. The van der Waals surface area contributed by atoms with Gasteiger partial charge in [-0.3, -0.25) is 4.98 Å². The van der Waals surface area contributed by atoms with Crippen LogP contribution in [0, 0.1) is 13.8 Å². The van der Waals surface area contributed by atoms with Crippen LogP contribution in [0.15, 0.2) is 30.7 Å². The number of nitrogens with one attached hydrogen (secondary N) is 1. The number of aryl methyl sites for hydroxylation is 2. The summed E-state index contributed by atoms with van der Waals surface area (Å²) in [7, 11) is 0. The first-order chi connectivity index (χ1) is 7.75. The van der Waals surface area contributed by atoms with Crippen LogP contribution in [0.4, 0.5) is 5.82 Å². The highest BCUT2D eigenvalue weighted by atomic mass is 15.2. The molecular formula is C12H14N4. The Hall–Kier alpha value is -1.97. The number of anilines is 1. The second kappa shape index (κ2) is 4.70. The first-order valence-electron chi connectivity index (χ1n) is 5.18. The molecule has 2 aromatic heterocycles. The molecule has 4 heteroatoms. The van der Waals surface area contributed by atoms with Crippen LogP contribution in [0.1, 0.15) is 16.7 Å². The summed E-state index contributed by atoms with van der Waals surface area (Å²) in [6.45, 7) is 4.79. The average molecular weight is 214 g/mol. The summed E-state index contributed by atoms with van der Waals surface area (Å²) in [6, 6.07) is 3.97. The molecule has 1 N–H and O–H groups in total. The molecule has 0 bridgehead atoms. The lowest BCUT2D eigenvalue weighted by Crippen LogP contribution is -2.04. The third-order valence-electron chi connectivity index (χ3n) is 2.40. The Labute approximate surface area is 94.8 Å². The second-order valence-corrected chi connectivity index (χ2v) is 3.77. The molecular weight excluding hydrogens is 200 g/mol. The molecule has 16 heavy (non-hydrogen) atoms. The third kappa shape index (κ3) is 2.53. The highest BCUT2D eigenvalue weighted by Gasteiger charge is 1.99. The fourth-order valence-corrected chi connectivity index (χ4v) is 1.42. The Morgan fingerprint density at radius 2 is 2.12 bits per heavy atom. The highest BCUT2D eigenvalue weighted by Crippen LogP contribution is 2.09. The Morgan fingerprint density at radius 3 is 2.88 bits per heavy atom. The van der Waals surface area contributed by atoms with Crippen molar-refractivity contribution in [2.45, 2.75) is 20.4 Å². The van der Waals surface area contributed by atoms with Gasteiger partial charge in [0.2, 0.25) is 0 Å². The molecule has 0 radical (unpaired) electrons. The van der Waals surface area contributed by atoms with E-state index in [0.717, 1.165) is 17.9 Å². The standard InChI is InChI=1S/C12H14N4/c1-9-5-12(16-15-6-9)14-8-11-7-13-4-3-10(11)2/h3-7H,8H2,1-2H3,(H,14,16). The minimum atomic E-state index is 0.720.